The van der Waals surface area contributed by atoms with Gasteiger partial charge in [-0.2, -0.15) is 13.2 Å². The van der Waals surface area contributed by atoms with Crippen LogP contribution in [0.2, 0.25) is 10.0 Å². The molecule has 3 N–H and O–H groups in total. The van der Waals surface area contributed by atoms with Crippen molar-refractivity contribution in [3.63, 3.8) is 0 Å². The molecule has 138 valence electrons. The summed E-state index contributed by atoms with van der Waals surface area (Å²) in [5, 5.41) is 3.96. The molecular weight excluding hydrogens is 479 g/mol. The molecule has 0 amide bonds. The maximum Gasteiger partial charge on any atom is 0.401 e. The number of halogens is 6. The summed E-state index contributed by atoms with van der Waals surface area (Å²) in [6.45, 7) is 1.17. The minimum atomic E-state index is -4.22. The van der Waals surface area contributed by atoms with Crippen LogP contribution < -0.4 is 11.1 Å². The number of aliphatic imine (C=N–C) groups is 1. The van der Waals surface area contributed by atoms with Gasteiger partial charge in [-0.1, -0.05) is 29.3 Å². The number of hydrogen-bond donors (Lipinski definition) is 2. The molecule has 0 saturated carbocycles. The van der Waals surface area contributed by atoms with Crippen LogP contribution in [0, 0.1) is 0 Å². The third kappa shape index (κ3) is 9.14. The molecule has 0 heterocycles. The predicted molar refractivity (Wildman–Crippen MR) is 103 cm³/mol. The van der Waals surface area contributed by atoms with E-state index in [1.165, 1.54) is 7.05 Å². The maximum absolute atomic E-state index is 12.2. The van der Waals surface area contributed by atoms with Gasteiger partial charge >= 0.3 is 6.18 Å². The Labute approximate surface area is 166 Å². The second-order valence-corrected chi connectivity index (χ2v) is 6.00. The molecule has 1 atom stereocenters. The first kappa shape index (κ1) is 23.5. The first-order valence-corrected chi connectivity index (χ1v) is 7.61. The van der Waals surface area contributed by atoms with Crippen LogP contribution in [-0.2, 0) is 0 Å². The van der Waals surface area contributed by atoms with Crippen LogP contribution in [0.1, 0.15) is 18.5 Å². The number of hydrogen-bond acceptors (Lipinski definition) is 2. The highest BCUT2D eigenvalue weighted by Crippen LogP contribution is 2.25. The van der Waals surface area contributed by atoms with Gasteiger partial charge in [-0.15, -0.1) is 24.0 Å². The molecule has 0 fully saturated rings. The zero-order valence-corrected chi connectivity index (χ0v) is 17.0. The van der Waals surface area contributed by atoms with Crippen LogP contribution in [0.25, 0.3) is 0 Å². The molecule has 1 unspecified atom stereocenters. The molecule has 1 rings (SSSR count). The number of nitrogens with one attached hydrogen (secondary N) is 1. The van der Waals surface area contributed by atoms with Gasteiger partial charge in [0.05, 0.1) is 19.1 Å². The van der Waals surface area contributed by atoms with Crippen molar-refractivity contribution in [2.75, 3.05) is 26.7 Å². The number of likely N-dealkylation sites (N-methyl/N-ethyl adjacent to an activating group) is 1. The van der Waals surface area contributed by atoms with E-state index >= 15 is 0 Å². The van der Waals surface area contributed by atoms with Crippen molar-refractivity contribution in [1.29, 1.82) is 0 Å². The monoisotopic (exact) mass is 498 g/mol. The molecule has 0 aromatic heterocycles. The van der Waals surface area contributed by atoms with Crippen molar-refractivity contribution in [3.05, 3.63) is 33.8 Å². The minimum absolute atomic E-state index is 0. The van der Waals surface area contributed by atoms with Crippen LogP contribution in [0.3, 0.4) is 0 Å². The molecule has 0 spiro atoms. The van der Waals surface area contributed by atoms with Crippen molar-refractivity contribution in [2.24, 2.45) is 10.7 Å². The van der Waals surface area contributed by atoms with E-state index in [0.29, 0.717) is 10.0 Å². The first-order chi connectivity index (χ1) is 10.6. The van der Waals surface area contributed by atoms with E-state index in [2.05, 4.69) is 10.3 Å². The van der Waals surface area contributed by atoms with Crippen molar-refractivity contribution < 1.29 is 13.2 Å². The smallest absolute Gasteiger partial charge is 0.370 e. The number of benzene rings is 1. The van der Waals surface area contributed by atoms with E-state index in [-0.39, 0.29) is 49.1 Å². The Morgan fingerprint density at radius 1 is 1.38 bits per heavy atom. The Kier molecular flexibility index (Phi) is 10.3. The molecule has 24 heavy (non-hydrogen) atoms. The standard InChI is InChI=1S/C14H19Cl2F3N4.HI/c1-9(11-4-3-10(15)7-12(11)16)22-13(20)21-5-6-23(2)8-14(17,18)19;/h3-4,7,9H,5-6,8H2,1-2H3,(H3,20,21,22);1H. The Morgan fingerprint density at radius 2 is 2.00 bits per heavy atom. The van der Waals surface area contributed by atoms with E-state index in [0.717, 1.165) is 10.5 Å². The van der Waals surface area contributed by atoms with Crippen LogP contribution in [0.4, 0.5) is 13.2 Å². The van der Waals surface area contributed by atoms with Crippen LogP contribution in [0.5, 0.6) is 0 Å². The fourth-order valence-corrected chi connectivity index (χ4v) is 2.50. The van der Waals surface area contributed by atoms with E-state index in [4.69, 9.17) is 28.9 Å². The summed E-state index contributed by atoms with van der Waals surface area (Å²) in [7, 11) is 1.38. The molecule has 0 radical (unpaired) electrons. The average Bonchev–Trinajstić information content (AvgIpc) is 2.35. The largest absolute Gasteiger partial charge is 0.401 e. The summed E-state index contributed by atoms with van der Waals surface area (Å²) < 4.78 is 36.5. The highest BCUT2D eigenvalue weighted by molar-refractivity contribution is 14.0. The topological polar surface area (TPSA) is 53.6 Å². The lowest BCUT2D eigenvalue weighted by Gasteiger charge is -2.18. The number of nitrogens with zero attached hydrogens (tertiary/aromatic N) is 2. The van der Waals surface area contributed by atoms with E-state index in [1.54, 1.807) is 18.2 Å². The summed E-state index contributed by atoms with van der Waals surface area (Å²) in [5.41, 5.74) is 6.53. The quantitative estimate of drug-likeness (QED) is 0.353. The zero-order valence-electron chi connectivity index (χ0n) is 13.2. The van der Waals surface area contributed by atoms with Gasteiger partial charge in [-0.3, -0.25) is 9.89 Å². The van der Waals surface area contributed by atoms with Crippen molar-refractivity contribution in [2.45, 2.75) is 19.1 Å². The molecular formula is C14H20Cl2F3IN4. The number of nitrogens with two attached hydrogens (primary N) is 1. The van der Waals surface area contributed by atoms with Gasteiger partial charge < -0.3 is 11.1 Å². The normalized spacial score (nSPS) is 13.6. The van der Waals surface area contributed by atoms with Gasteiger partial charge in [-0.05, 0) is 31.7 Å². The molecule has 0 saturated heterocycles. The molecule has 1 aromatic carbocycles. The summed E-state index contributed by atoms with van der Waals surface area (Å²) in [4.78, 5) is 5.15. The Bertz CT molecular complexity index is 555. The second kappa shape index (κ2) is 10.5. The lowest BCUT2D eigenvalue weighted by Crippen LogP contribution is -2.36. The Balaban J connectivity index is 0.00000529. The van der Waals surface area contributed by atoms with Crippen LogP contribution in [-0.4, -0.2) is 43.7 Å². The number of rotatable bonds is 6. The zero-order chi connectivity index (χ0) is 17.6. The van der Waals surface area contributed by atoms with Gasteiger partial charge in [-0.25, -0.2) is 0 Å². The van der Waals surface area contributed by atoms with Gasteiger partial charge in [0.1, 0.15) is 0 Å². The molecule has 0 aliphatic rings. The molecule has 0 aliphatic carbocycles. The summed E-state index contributed by atoms with van der Waals surface area (Å²) >= 11 is 11.9. The SMILES string of the molecule is CC(NC(N)=NCCN(C)CC(F)(F)F)c1ccc(Cl)cc1Cl.I. The number of guanidine groups is 1. The van der Waals surface area contributed by atoms with E-state index < -0.39 is 12.7 Å². The van der Waals surface area contributed by atoms with Gasteiger partial charge in [0.2, 0.25) is 0 Å². The van der Waals surface area contributed by atoms with Crippen molar-refractivity contribution in [1.82, 2.24) is 10.2 Å². The van der Waals surface area contributed by atoms with E-state index in [1.807, 2.05) is 6.92 Å². The summed E-state index contributed by atoms with van der Waals surface area (Å²) in [6, 6.07) is 4.89. The fraction of sp³-hybridized carbons (Fsp3) is 0.500. The van der Waals surface area contributed by atoms with Gasteiger partial charge in [0.25, 0.3) is 0 Å². The second-order valence-electron chi connectivity index (χ2n) is 5.15. The third-order valence-corrected chi connectivity index (χ3v) is 3.57. The fourth-order valence-electron chi connectivity index (χ4n) is 1.92. The predicted octanol–water partition coefficient (Wildman–Crippen LogP) is 4.07. The molecule has 0 aliphatic heterocycles. The Morgan fingerprint density at radius 3 is 2.54 bits per heavy atom. The highest BCUT2D eigenvalue weighted by Gasteiger charge is 2.28. The van der Waals surface area contributed by atoms with Gasteiger partial charge in [0, 0.05) is 16.6 Å². The van der Waals surface area contributed by atoms with E-state index in [9.17, 15) is 13.2 Å². The van der Waals surface area contributed by atoms with Crippen LogP contribution in [0.15, 0.2) is 23.2 Å². The summed E-state index contributed by atoms with van der Waals surface area (Å²) in [6.07, 6.45) is -4.22. The van der Waals surface area contributed by atoms with Gasteiger partial charge in [0.15, 0.2) is 5.96 Å². The minimum Gasteiger partial charge on any atom is -0.370 e. The first-order valence-electron chi connectivity index (χ1n) is 6.85. The molecule has 10 heteroatoms. The van der Waals surface area contributed by atoms with Crippen molar-refractivity contribution in [3.8, 4) is 0 Å². The van der Waals surface area contributed by atoms with Crippen molar-refractivity contribution >= 4 is 53.1 Å². The third-order valence-electron chi connectivity index (χ3n) is 3.01. The maximum atomic E-state index is 12.2. The Hall–Kier alpha value is -0.450. The average molecular weight is 499 g/mol. The lowest BCUT2D eigenvalue weighted by atomic mass is 10.1. The summed E-state index contributed by atoms with van der Waals surface area (Å²) in [5.74, 6) is 0.143. The number of alkyl halides is 3. The molecule has 0 bridgehead atoms. The molecule has 4 nitrogen and oxygen atoms in total. The van der Waals surface area contributed by atoms with Crippen LogP contribution >= 0.6 is 47.2 Å². The highest BCUT2D eigenvalue weighted by atomic mass is 127. The lowest BCUT2D eigenvalue weighted by molar-refractivity contribution is -0.142. The molecule has 1 aromatic rings.